The van der Waals surface area contributed by atoms with Crippen molar-refractivity contribution in [2.45, 2.75) is 25.8 Å². The Bertz CT molecular complexity index is 844. The molecule has 2 aliphatic rings. The third-order valence-corrected chi connectivity index (χ3v) is 5.94. The van der Waals surface area contributed by atoms with E-state index >= 15 is 0 Å². The summed E-state index contributed by atoms with van der Waals surface area (Å²) in [5, 5.41) is 0. The summed E-state index contributed by atoms with van der Waals surface area (Å²) in [6.45, 7) is 5.97. The van der Waals surface area contributed by atoms with E-state index in [4.69, 9.17) is 9.15 Å². The van der Waals surface area contributed by atoms with Gasteiger partial charge in [0.2, 0.25) is 17.7 Å². The summed E-state index contributed by atoms with van der Waals surface area (Å²) < 4.78 is 11.1. The minimum Gasteiger partial charge on any atom is -0.439 e. The van der Waals surface area contributed by atoms with Gasteiger partial charge >= 0.3 is 0 Å². The summed E-state index contributed by atoms with van der Waals surface area (Å²) in [6.07, 6.45) is 1.96. The van der Waals surface area contributed by atoms with Crippen molar-refractivity contribution in [2.75, 3.05) is 53.0 Å². The predicted molar refractivity (Wildman–Crippen MR) is 112 cm³/mol. The van der Waals surface area contributed by atoms with Crippen LogP contribution in [0.25, 0.3) is 11.1 Å². The second-order valence-corrected chi connectivity index (χ2v) is 8.15. The number of fused-ring (bicyclic) bond motifs is 1. The van der Waals surface area contributed by atoms with Crippen molar-refractivity contribution in [1.29, 1.82) is 0 Å². The lowest BCUT2D eigenvalue weighted by Crippen LogP contribution is -2.47. The molecular weight excluding hydrogens is 384 g/mol. The predicted octanol–water partition coefficient (Wildman–Crippen LogP) is 1.75. The van der Waals surface area contributed by atoms with Crippen LogP contribution in [-0.2, 0) is 20.9 Å². The van der Waals surface area contributed by atoms with E-state index in [9.17, 15) is 9.59 Å². The molecule has 8 heteroatoms. The molecule has 0 bridgehead atoms. The van der Waals surface area contributed by atoms with Gasteiger partial charge in [-0.25, -0.2) is 4.98 Å². The third-order valence-electron chi connectivity index (χ3n) is 5.94. The van der Waals surface area contributed by atoms with Crippen LogP contribution < -0.4 is 0 Å². The molecule has 0 radical (unpaired) electrons. The van der Waals surface area contributed by atoms with Crippen molar-refractivity contribution >= 4 is 22.9 Å². The van der Waals surface area contributed by atoms with E-state index in [1.54, 1.807) is 11.9 Å². The van der Waals surface area contributed by atoms with Gasteiger partial charge in [0.25, 0.3) is 0 Å². The number of amides is 2. The summed E-state index contributed by atoms with van der Waals surface area (Å²) in [5.74, 6) is 0.562. The van der Waals surface area contributed by atoms with Gasteiger partial charge in [0.05, 0.1) is 25.7 Å². The standard InChI is InChI=1S/C22H30N4O4/c1-24(16-20-23-18-5-2-3-6-19(18)30-20)22(28)17-7-8-21(27)26(15-17)10-4-9-25-11-13-29-14-12-25/h2-3,5-6,17H,4,7-16H2,1H3. The quantitative estimate of drug-likeness (QED) is 0.687. The molecule has 2 amide bonds. The van der Waals surface area contributed by atoms with Crippen LogP contribution in [0.1, 0.15) is 25.2 Å². The zero-order valence-electron chi connectivity index (χ0n) is 17.6. The lowest BCUT2D eigenvalue weighted by atomic mass is 9.96. The lowest BCUT2D eigenvalue weighted by Gasteiger charge is -2.34. The summed E-state index contributed by atoms with van der Waals surface area (Å²) in [4.78, 5) is 35.7. The average Bonchev–Trinajstić information content (AvgIpc) is 3.17. The van der Waals surface area contributed by atoms with Gasteiger partial charge in [-0.1, -0.05) is 12.1 Å². The zero-order chi connectivity index (χ0) is 20.9. The molecule has 8 nitrogen and oxygen atoms in total. The molecule has 2 aliphatic heterocycles. The number of oxazole rings is 1. The van der Waals surface area contributed by atoms with Crippen LogP contribution in [0, 0.1) is 5.92 Å². The number of morpholine rings is 1. The number of hydrogen-bond donors (Lipinski definition) is 0. The van der Waals surface area contributed by atoms with E-state index < -0.39 is 0 Å². The molecule has 2 saturated heterocycles. The number of carbonyl (C=O) groups is 2. The maximum atomic E-state index is 13.0. The van der Waals surface area contributed by atoms with Crippen LogP contribution in [0.2, 0.25) is 0 Å². The Labute approximate surface area is 176 Å². The maximum absolute atomic E-state index is 13.0. The van der Waals surface area contributed by atoms with Crippen LogP contribution in [0.3, 0.4) is 0 Å². The largest absolute Gasteiger partial charge is 0.439 e. The first-order valence-corrected chi connectivity index (χ1v) is 10.8. The molecule has 1 unspecified atom stereocenters. The van der Waals surface area contributed by atoms with Crippen LogP contribution in [0.5, 0.6) is 0 Å². The van der Waals surface area contributed by atoms with Crippen LogP contribution >= 0.6 is 0 Å². The molecule has 1 atom stereocenters. The number of benzene rings is 1. The summed E-state index contributed by atoms with van der Waals surface area (Å²) in [6, 6.07) is 7.58. The van der Waals surface area contributed by atoms with Gasteiger partial charge < -0.3 is 19.0 Å². The molecule has 4 rings (SSSR count). The van der Waals surface area contributed by atoms with Gasteiger partial charge in [-0.05, 0) is 25.0 Å². The fourth-order valence-electron chi connectivity index (χ4n) is 4.22. The number of ether oxygens (including phenoxy) is 1. The molecule has 30 heavy (non-hydrogen) atoms. The van der Waals surface area contributed by atoms with Gasteiger partial charge in [-0.15, -0.1) is 0 Å². The number of hydrogen-bond acceptors (Lipinski definition) is 6. The highest BCUT2D eigenvalue weighted by molar-refractivity contribution is 5.83. The van der Waals surface area contributed by atoms with Crippen LogP contribution in [0.4, 0.5) is 0 Å². The van der Waals surface area contributed by atoms with E-state index in [-0.39, 0.29) is 17.7 Å². The number of likely N-dealkylation sites (tertiary alicyclic amines) is 1. The first-order chi connectivity index (χ1) is 14.6. The number of piperidine rings is 1. The van der Waals surface area contributed by atoms with E-state index in [0.717, 1.165) is 50.4 Å². The Hall–Kier alpha value is -2.45. The van der Waals surface area contributed by atoms with Gasteiger partial charge in [-0.3, -0.25) is 14.5 Å². The first-order valence-electron chi connectivity index (χ1n) is 10.8. The Morgan fingerprint density at radius 3 is 2.83 bits per heavy atom. The molecule has 3 heterocycles. The molecule has 0 aliphatic carbocycles. The van der Waals surface area contributed by atoms with Gasteiger partial charge in [0.15, 0.2) is 5.58 Å². The molecule has 0 spiro atoms. The Morgan fingerprint density at radius 1 is 1.23 bits per heavy atom. The van der Waals surface area contributed by atoms with Crippen molar-refractivity contribution in [3.05, 3.63) is 30.2 Å². The van der Waals surface area contributed by atoms with Crippen LogP contribution in [-0.4, -0.2) is 84.5 Å². The zero-order valence-corrected chi connectivity index (χ0v) is 17.6. The van der Waals surface area contributed by atoms with E-state index in [1.165, 1.54) is 0 Å². The number of para-hydroxylation sites is 2. The van der Waals surface area contributed by atoms with Crippen molar-refractivity contribution in [1.82, 2.24) is 19.7 Å². The van der Waals surface area contributed by atoms with Crippen molar-refractivity contribution < 1.29 is 18.7 Å². The lowest BCUT2D eigenvalue weighted by molar-refractivity contribution is -0.142. The molecule has 2 fully saturated rings. The fraction of sp³-hybridized carbons (Fsp3) is 0.591. The van der Waals surface area contributed by atoms with Gasteiger partial charge in [0.1, 0.15) is 5.52 Å². The monoisotopic (exact) mass is 414 g/mol. The second-order valence-electron chi connectivity index (χ2n) is 8.15. The molecule has 1 aromatic heterocycles. The summed E-state index contributed by atoms with van der Waals surface area (Å²) in [7, 11) is 1.77. The molecule has 162 valence electrons. The Balaban J connectivity index is 1.28. The number of aromatic nitrogens is 1. The summed E-state index contributed by atoms with van der Waals surface area (Å²) in [5.41, 5.74) is 1.52. The smallest absolute Gasteiger partial charge is 0.227 e. The topological polar surface area (TPSA) is 79.1 Å². The number of rotatable bonds is 7. The Morgan fingerprint density at radius 2 is 2.03 bits per heavy atom. The molecule has 1 aromatic carbocycles. The fourth-order valence-corrected chi connectivity index (χ4v) is 4.22. The highest BCUT2D eigenvalue weighted by atomic mass is 16.5. The minimum absolute atomic E-state index is 0.0444. The molecule has 0 N–H and O–H groups in total. The average molecular weight is 415 g/mol. The first kappa shape index (κ1) is 20.8. The number of carbonyl (C=O) groups excluding carboxylic acids is 2. The molecule has 2 aromatic rings. The second kappa shape index (κ2) is 9.57. The van der Waals surface area contributed by atoms with Gasteiger partial charge in [0, 0.05) is 46.2 Å². The highest BCUT2D eigenvalue weighted by Crippen LogP contribution is 2.22. The number of nitrogens with zero attached hydrogens (tertiary/aromatic N) is 4. The highest BCUT2D eigenvalue weighted by Gasteiger charge is 2.32. The minimum atomic E-state index is -0.166. The summed E-state index contributed by atoms with van der Waals surface area (Å²) >= 11 is 0. The SMILES string of the molecule is CN(Cc1nc2ccccc2o1)C(=O)C1CCC(=O)N(CCCN2CCOCC2)C1. The van der Waals surface area contributed by atoms with Gasteiger partial charge in [-0.2, -0.15) is 0 Å². The Kier molecular flexibility index (Phi) is 6.64. The molecular formula is C22H30N4O4. The normalized spacial score (nSPS) is 20.6. The molecule has 0 saturated carbocycles. The maximum Gasteiger partial charge on any atom is 0.227 e. The van der Waals surface area contributed by atoms with Crippen molar-refractivity contribution in [2.24, 2.45) is 5.92 Å². The van der Waals surface area contributed by atoms with E-state index in [1.807, 2.05) is 29.2 Å². The third kappa shape index (κ3) is 4.99. The van der Waals surface area contributed by atoms with Crippen molar-refractivity contribution in [3.63, 3.8) is 0 Å². The van der Waals surface area contributed by atoms with Crippen molar-refractivity contribution in [3.8, 4) is 0 Å². The van der Waals surface area contributed by atoms with E-state index in [2.05, 4.69) is 9.88 Å². The van der Waals surface area contributed by atoms with E-state index in [0.29, 0.717) is 38.4 Å². The van der Waals surface area contributed by atoms with Crippen LogP contribution in [0.15, 0.2) is 28.7 Å².